The summed E-state index contributed by atoms with van der Waals surface area (Å²) in [5.41, 5.74) is 2.54. The lowest BCUT2D eigenvalue weighted by Crippen LogP contribution is -2.43. The van der Waals surface area contributed by atoms with Crippen LogP contribution in [0.3, 0.4) is 0 Å². The van der Waals surface area contributed by atoms with Gasteiger partial charge in [0.1, 0.15) is 5.60 Å². The molecule has 3 unspecified atom stereocenters. The summed E-state index contributed by atoms with van der Waals surface area (Å²) in [6, 6.07) is 7.40. The van der Waals surface area contributed by atoms with E-state index in [1.165, 1.54) is 11.2 Å². The minimum absolute atomic E-state index is 0.291. The Balaban J connectivity index is 1.97. The molecule has 0 bridgehead atoms. The number of allylic oxidation sites excluding steroid dienone is 1. The van der Waals surface area contributed by atoms with E-state index in [9.17, 15) is 14.4 Å². The van der Waals surface area contributed by atoms with Crippen molar-refractivity contribution >= 4 is 18.5 Å². The number of rotatable bonds is 5. The molecule has 0 radical (unpaired) electrons. The third-order valence-corrected chi connectivity index (χ3v) is 4.91. The zero-order chi connectivity index (χ0) is 22.1. The minimum atomic E-state index is -0.960. The number of hydrogen-bond acceptors (Lipinski definition) is 6. The van der Waals surface area contributed by atoms with Gasteiger partial charge >= 0.3 is 6.09 Å². The van der Waals surface area contributed by atoms with Gasteiger partial charge in [0.2, 0.25) is 0 Å². The standard InChI is InChI=1S/C23H27NO6/c1-14(2)10-19(29-13-25)28-12-17-20-16-9-7-6-8-15(16)11-18(20)24(21(17)26)22(27)30-23(3,4)5/h6-10,12-13,18-20H,11H2,1-5H3/b17-12+. The normalized spacial score (nSPS) is 22.2. The van der Waals surface area contributed by atoms with Gasteiger partial charge in [-0.25, -0.2) is 9.69 Å². The van der Waals surface area contributed by atoms with Gasteiger partial charge in [-0.3, -0.25) is 9.59 Å². The molecule has 0 N–H and O–H groups in total. The SMILES string of the molecule is CC(C)=CC(OC=O)O/C=C1/C(=O)N(C(=O)OC(C)(C)C)C2Cc3ccccc3C12. The van der Waals surface area contributed by atoms with Gasteiger partial charge in [-0.1, -0.05) is 29.8 Å². The van der Waals surface area contributed by atoms with E-state index in [-0.39, 0.29) is 12.0 Å². The van der Waals surface area contributed by atoms with E-state index in [0.717, 1.165) is 16.7 Å². The predicted octanol–water partition coefficient (Wildman–Crippen LogP) is 3.84. The van der Waals surface area contributed by atoms with Crippen LogP contribution in [0, 0.1) is 0 Å². The van der Waals surface area contributed by atoms with E-state index in [4.69, 9.17) is 14.2 Å². The Hall–Kier alpha value is -3.09. The van der Waals surface area contributed by atoms with Crippen LogP contribution in [0.2, 0.25) is 0 Å². The monoisotopic (exact) mass is 413 g/mol. The van der Waals surface area contributed by atoms with Crippen molar-refractivity contribution in [2.24, 2.45) is 0 Å². The maximum absolute atomic E-state index is 13.2. The van der Waals surface area contributed by atoms with E-state index in [1.54, 1.807) is 26.8 Å². The third-order valence-electron chi connectivity index (χ3n) is 4.91. The van der Waals surface area contributed by atoms with Crippen LogP contribution < -0.4 is 0 Å². The number of fused-ring (bicyclic) bond motifs is 3. The highest BCUT2D eigenvalue weighted by Crippen LogP contribution is 2.47. The number of likely N-dealkylation sites (tertiary alicyclic amines) is 1. The average molecular weight is 413 g/mol. The quantitative estimate of drug-likeness (QED) is 0.240. The van der Waals surface area contributed by atoms with Gasteiger partial charge in [-0.05, 0) is 58.2 Å². The van der Waals surface area contributed by atoms with Gasteiger partial charge in [-0.15, -0.1) is 0 Å². The molecule has 1 saturated heterocycles. The third kappa shape index (κ3) is 4.40. The van der Waals surface area contributed by atoms with Crippen molar-refractivity contribution in [3.05, 3.63) is 58.9 Å². The number of nitrogens with zero attached hydrogens (tertiary/aromatic N) is 1. The lowest BCUT2D eigenvalue weighted by Gasteiger charge is -2.26. The molecule has 7 nitrogen and oxygen atoms in total. The molecule has 0 saturated carbocycles. The van der Waals surface area contributed by atoms with Crippen molar-refractivity contribution in [1.82, 2.24) is 4.90 Å². The topological polar surface area (TPSA) is 82.1 Å². The zero-order valence-electron chi connectivity index (χ0n) is 17.9. The van der Waals surface area contributed by atoms with Crippen LogP contribution >= 0.6 is 0 Å². The first-order valence-corrected chi connectivity index (χ1v) is 9.86. The Bertz CT molecular complexity index is 907. The lowest BCUT2D eigenvalue weighted by atomic mass is 9.94. The fourth-order valence-corrected chi connectivity index (χ4v) is 3.84. The summed E-state index contributed by atoms with van der Waals surface area (Å²) in [5, 5.41) is 0. The number of ether oxygens (including phenoxy) is 3. The zero-order valence-corrected chi connectivity index (χ0v) is 17.9. The summed E-state index contributed by atoms with van der Waals surface area (Å²) in [5.74, 6) is -0.791. The van der Waals surface area contributed by atoms with E-state index < -0.39 is 23.9 Å². The minimum Gasteiger partial charge on any atom is -0.458 e. The fourth-order valence-electron chi connectivity index (χ4n) is 3.84. The average Bonchev–Trinajstić information content (AvgIpc) is 3.11. The number of benzene rings is 1. The molecule has 2 amide bonds. The number of hydrogen-bond donors (Lipinski definition) is 0. The van der Waals surface area contributed by atoms with Crippen molar-refractivity contribution in [2.75, 3.05) is 0 Å². The molecule has 1 aromatic carbocycles. The lowest BCUT2D eigenvalue weighted by molar-refractivity contribution is -0.145. The molecule has 3 atom stereocenters. The molecule has 30 heavy (non-hydrogen) atoms. The number of carbonyl (C=O) groups is 3. The van der Waals surface area contributed by atoms with Crippen molar-refractivity contribution in [3.8, 4) is 0 Å². The Kier molecular flexibility index (Phi) is 6.01. The van der Waals surface area contributed by atoms with Crippen molar-refractivity contribution in [3.63, 3.8) is 0 Å². The highest BCUT2D eigenvalue weighted by molar-refractivity contribution is 6.07. The van der Waals surface area contributed by atoms with Crippen LogP contribution in [0.1, 0.15) is 51.7 Å². The summed E-state index contributed by atoms with van der Waals surface area (Å²) in [6.45, 7) is 9.24. The molecule has 1 aromatic rings. The number of imide groups is 1. The highest BCUT2D eigenvalue weighted by Gasteiger charge is 2.53. The van der Waals surface area contributed by atoms with Gasteiger partial charge < -0.3 is 14.2 Å². The van der Waals surface area contributed by atoms with Gasteiger partial charge in [0, 0.05) is 5.92 Å². The highest BCUT2D eigenvalue weighted by atomic mass is 16.7. The molecular formula is C23H27NO6. The van der Waals surface area contributed by atoms with E-state index in [2.05, 4.69) is 0 Å². The number of carbonyl (C=O) groups excluding carboxylic acids is 3. The van der Waals surface area contributed by atoms with Crippen LogP contribution in [0.15, 0.2) is 47.7 Å². The van der Waals surface area contributed by atoms with Crippen molar-refractivity contribution in [2.45, 2.75) is 64.9 Å². The summed E-state index contributed by atoms with van der Waals surface area (Å²) in [4.78, 5) is 38.0. The second kappa shape index (κ2) is 8.34. The maximum Gasteiger partial charge on any atom is 0.417 e. The predicted molar refractivity (Wildman–Crippen MR) is 109 cm³/mol. The smallest absolute Gasteiger partial charge is 0.417 e. The first kappa shape index (κ1) is 21.6. The molecule has 7 heteroatoms. The van der Waals surface area contributed by atoms with Gasteiger partial charge in [-0.2, -0.15) is 0 Å². The van der Waals surface area contributed by atoms with Crippen LogP contribution in [0.5, 0.6) is 0 Å². The van der Waals surface area contributed by atoms with Gasteiger partial charge in [0.05, 0.1) is 17.9 Å². The molecule has 0 spiro atoms. The van der Waals surface area contributed by atoms with E-state index in [0.29, 0.717) is 18.5 Å². The first-order chi connectivity index (χ1) is 14.1. The van der Waals surface area contributed by atoms with E-state index in [1.807, 2.05) is 38.1 Å². The Labute approximate surface area is 176 Å². The van der Waals surface area contributed by atoms with Crippen LogP contribution in [-0.2, 0) is 30.2 Å². The molecule has 1 heterocycles. The van der Waals surface area contributed by atoms with E-state index >= 15 is 0 Å². The van der Waals surface area contributed by atoms with Crippen LogP contribution in [-0.4, -0.2) is 41.3 Å². The van der Waals surface area contributed by atoms with Gasteiger partial charge in [0.15, 0.2) is 0 Å². The summed E-state index contributed by atoms with van der Waals surface area (Å²) in [6.07, 6.45) is 1.84. The van der Waals surface area contributed by atoms with Crippen LogP contribution in [0.25, 0.3) is 0 Å². The number of amides is 2. The Morgan fingerprint density at radius 1 is 1.20 bits per heavy atom. The molecule has 1 aliphatic heterocycles. The van der Waals surface area contributed by atoms with Crippen LogP contribution in [0.4, 0.5) is 4.79 Å². The maximum atomic E-state index is 13.2. The molecule has 2 aliphatic rings. The van der Waals surface area contributed by atoms with Crippen molar-refractivity contribution < 1.29 is 28.6 Å². The molecular weight excluding hydrogens is 386 g/mol. The van der Waals surface area contributed by atoms with Crippen molar-refractivity contribution in [1.29, 1.82) is 0 Å². The summed E-state index contributed by atoms with van der Waals surface area (Å²) < 4.78 is 16.0. The second-order valence-corrected chi connectivity index (χ2v) is 8.66. The molecule has 0 aromatic heterocycles. The van der Waals surface area contributed by atoms with Gasteiger partial charge in [0.25, 0.3) is 18.7 Å². The largest absolute Gasteiger partial charge is 0.458 e. The first-order valence-electron chi connectivity index (χ1n) is 9.86. The molecule has 160 valence electrons. The Morgan fingerprint density at radius 3 is 2.53 bits per heavy atom. The summed E-state index contributed by atoms with van der Waals surface area (Å²) >= 11 is 0. The summed E-state index contributed by atoms with van der Waals surface area (Å²) in [7, 11) is 0. The second-order valence-electron chi connectivity index (χ2n) is 8.66. The molecule has 3 rings (SSSR count). The Morgan fingerprint density at radius 2 is 1.90 bits per heavy atom. The fraction of sp³-hybridized carbons (Fsp3) is 0.435. The molecule has 1 aliphatic carbocycles. The molecule has 1 fully saturated rings.